The summed E-state index contributed by atoms with van der Waals surface area (Å²) in [5.74, 6) is 0.117. The van der Waals surface area contributed by atoms with E-state index in [0.29, 0.717) is 27.8 Å². The first-order valence-electron chi connectivity index (χ1n) is 10.2. The highest BCUT2D eigenvalue weighted by molar-refractivity contribution is 6.14. The van der Waals surface area contributed by atoms with Crippen LogP contribution in [-0.2, 0) is 4.74 Å². The SMILES string of the molecule is COc1ccc2cc([N+](=O)[O-])ccc2c1-c1c(C(=O)OC(C)(C)C)ccc2ccccc12. The second-order valence-corrected chi connectivity index (χ2v) is 8.52. The monoisotopic (exact) mass is 429 g/mol. The van der Waals surface area contributed by atoms with Crippen molar-refractivity contribution in [3.8, 4) is 16.9 Å². The Morgan fingerprint density at radius 3 is 2.25 bits per heavy atom. The molecule has 0 aliphatic rings. The number of hydrogen-bond acceptors (Lipinski definition) is 5. The zero-order valence-electron chi connectivity index (χ0n) is 18.3. The molecule has 0 aliphatic carbocycles. The molecule has 4 aromatic carbocycles. The lowest BCUT2D eigenvalue weighted by Gasteiger charge is -2.22. The average Bonchev–Trinajstić information content (AvgIpc) is 2.76. The second-order valence-electron chi connectivity index (χ2n) is 8.52. The Balaban J connectivity index is 2.11. The number of non-ortho nitro benzene ring substituents is 1. The van der Waals surface area contributed by atoms with Gasteiger partial charge in [0.05, 0.1) is 17.6 Å². The first-order chi connectivity index (χ1) is 15.2. The Kier molecular flexibility index (Phi) is 5.30. The number of carbonyl (C=O) groups excluding carboxylic acids is 1. The summed E-state index contributed by atoms with van der Waals surface area (Å²) in [6.07, 6.45) is 0. The lowest BCUT2D eigenvalue weighted by molar-refractivity contribution is -0.384. The number of carbonyl (C=O) groups is 1. The Bertz CT molecular complexity index is 1370. The summed E-state index contributed by atoms with van der Waals surface area (Å²) >= 11 is 0. The fourth-order valence-electron chi connectivity index (χ4n) is 3.88. The zero-order chi connectivity index (χ0) is 23.0. The van der Waals surface area contributed by atoms with Crippen molar-refractivity contribution in [2.24, 2.45) is 0 Å². The molecule has 4 rings (SSSR count). The molecule has 162 valence electrons. The molecule has 0 aromatic heterocycles. The van der Waals surface area contributed by atoms with Crippen LogP contribution in [0.1, 0.15) is 31.1 Å². The van der Waals surface area contributed by atoms with Crippen LogP contribution in [-0.4, -0.2) is 23.6 Å². The minimum Gasteiger partial charge on any atom is -0.496 e. The van der Waals surface area contributed by atoms with Crippen molar-refractivity contribution in [2.45, 2.75) is 26.4 Å². The molecule has 6 heteroatoms. The van der Waals surface area contributed by atoms with E-state index in [0.717, 1.165) is 16.2 Å². The van der Waals surface area contributed by atoms with Crippen molar-refractivity contribution >= 4 is 33.2 Å². The predicted molar refractivity (Wildman–Crippen MR) is 125 cm³/mol. The molecular weight excluding hydrogens is 406 g/mol. The van der Waals surface area contributed by atoms with Gasteiger partial charge in [0.15, 0.2) is 0 Å². The number of benzene rings is 4. The summed E-state index contributed by atoms with van der Waals surface area (Å²) < 4.78 is 11.4. The van der Waals surface area contributed by atoms with Crippen molar-refractivity contribution in [1.29, 1.82) is 0 Å². The summed E-state index contributed by atoms with van der Waals surface area (Å²) in [6, 6.07) is 19.6. The molecule has 0 N–H and O–H groups in total. The van der Waals surface area contributed by atoms with Gasteiger partial charge < -0.3 is 9.47 Å². The topological polar surface area (TPSA) is 78.7 Å². The number of nitro groups is 1. The van der Waals surface area contributed by atoms with Gasteiger partial charge in [-0.2, -0.15) is 0 Å². The average molecular weight is 429 g/mol. The number of fused-ring (bicyclic) bond motifs is 2. The number of rotatable bonds is 4. The second kappa shape index (κ2) is 7.96. The maximum absolute atomic E-state index is 13.2. The molecule has 0 fully saturated rings. The van der Waals surface area contributed by atoms with Crippen LogP contribution in [0.4, 0.5) is 5.69 Å². The molecule has 32 heavy (non-hydrogen) atoms. The van der Waals surface area contributed by atoms with Gasteiger partial charge in [-0.3, -0.25) is 10.1 Å². The van der Waals surface area contributed by atoms with Crippen molar-refractivity contribution in [3.05, 3.63) is 82.4 Å². The van der Waals surface area contributed by atoms with Crippen LogP contribution in [0.3, 0.4) is 0 Å². The third kappa shape index (κ3) is 3.87. The van der Waals surface area contributed by atoms with E-state index in [2.05, 4.69) is 0 Å². The van der Waals surface area contributed by atoms with Crippen molar-refractivity contribution < 1.29 is 19.2 Å². The molecule has 0 radical (unpaired) electrons. The highest BCUT2D eigenvalue weighted by Crippen LogP contribution is 2.43. The van der Waals surface area contributed by atoms with E-state index in [1.807, 2.05) is 51.1 Å². The van der Waals surface area contributed by atoms with Gasteiger partial charge in [-0.1, -0.05) is 36.4 Å². The summed E-state index contributed by atoms with van der Waals surface area (Å²) in [4.78, 5) is 24.1. The Hall–Kier alpha value is -3.93. The fraction of sp³-hybridized carbons (Fsp3) is 0.192. The predicted octanol–water partition coefficient (Wildman–Crippen LogP) is 6.53. The highest BCUT2D eigenvalue weighted by Gasteiger charge is 2.25. The van der Waals surface area contributed by atoms with Crippen LogP contribution >= 0.6 is 0 Å². The van der Waals surface area contributed by atoms with E-state index in [1.54, 1.807) is 31.4 Å². The molecule has 0 heterocycles. The molecule has 0 bridgehead atoms. The van der Waals surface area contributed by atoms with Crippen LogP contribution < -0.4 is 4.74 Å². The van der Waals surface area contributed by atoms with Crippen LogP contribution in [0.5, 0.6) is 5.75 Å². The quantitative estimate of drug-likeness (QED) is 0.209. The third-order valence-electron chi connectivity index (χ3n) is 5.19. The Morgan fingerprint density at radius 1 is 0.875 bits per heavy atom. The summed E-state index contributed by atoms with van der Waals surface area (Å²) in [7, 11) is 1.56. The standard InChI is InChI=1S/C26H23NO5/c1-26(2,3)32-25(28)21-12-9-16-7-5-6-8-19(16)23(21)24-20-13-11-18(27(29)30)15-17(20)10-14-22(24)31-4/h5-15H,1-4H3. The van der Waals surface area contributed by atoms with Gasteiger partial charge in [0.2, 0.25) is 0 Å². The molecular formula is C26H23NO5. The van der Waals surface area contributed by atoms with Crippen LogP contribution in [0.25, 0.3) is 32.7 Å². The molecule has 0 amide bonds. The van der Waals surface area contributed by atoms with E-state index in [4.69, 9.17) is 9.47 Å². The first-order valence-corrected chi connectivity index (χ1v) is 10.2. The maximum atomic E-state index is 13.2. The Morgan fingerprint density at radius 2 is 1.56 bits per heavy atom. The van der Waals surface area contributed by atoms with Gasteiger partial charge in [0.1, 0.15) is 11.4 Å². The molecule has 0 unspecified atom stereocenters. The third-order valence-corrected chi connectivity index (χ3v) is 5.19. The van der Waals surface area contributed by atoms with Gasteiger partial charge in [0.25, 0.3) is 5.69 Å². The van der Waals surface area contributed by atoms with Crippen LogP contribution in [0, 0.1) is 10.1 Å². The lowest BCUT2D eigenvalue weighted by Crippen LogP contribution is -2.24. The number of hydrogen-bond donors (Lipinski definition) is 0. The normalized spacial score (nSPS) is 11.5. The van der Waals surface area contributed by atoms with E-state index in [9.17, 15) is 14.9 Å². The maximum Gasteiger partial charge on any atom is 0.339 e. The largest absolute Gasteiger partial charge is 0.496 e. The van der Waals surface area contributed by atoms with E-state index >= 15 is 0 Å². The lowest BCUT2D eigenvalue weighted by atomic mass is 9.89. The molecule has 4 aromatic rings. The number of methoxy groups -OCH3 is 1. The van der Waals surface area contributed by atoms with Gasteiger partial charge in [-0.05, 0) is 60.5 Å². The molecule has 0 spiro atoms. The summed E-state index contributed by atoms with van der Waals surface area (Å²) in [5, 5.41) is 14.5. The van der Waals surface area contributed by atoms with Crippen molar-refractivity contribution in [3.63, 3.8) is 0 Å². The first kappa shape index (κ1) is 21.3. The van der Waals surface area contributed by atoms with E-state index in [1.165, 1.54) is 12.1 Å². The minimum atomic E-state index is -0.663. The molecule has 0 aliphatic heterocycles. The van der Waals surface area contributed by atoms with Gasteiger partial charge in [-0.15, -0.1) is 0 Å². The van der Waals surface area contributed by atoms with E-state index in [-0.39, 0.29) is 5.69 Å². The minimum absolute atomic E-state index is 0.00102. The smallest absolute Gasteiger partial charge is 0.339 e. The number of ether oxygens (including phenoxy) is 2. The summed E-state index contributed by atoms with van der Waals surface area (Å²) in [6.45, 7) is 5.47. The van der Waals surface area contributed by atoms with Gasteiger partial charge >= 0.3 is 5.97 Å². The molecule has 0 atom stereocenters. The Labute approximate surface area is 185 Å². The fourth-order valence-corrected chi connectivity index (χ4v) is 3.88. The van der Waals surface area contributed by atoms with E-state index < -0.39 is 16.5 Å². The summed E-state index contributed by atoms with van der Waals surface area (Å²) in [5.41, 5.74) is 1.11. The highest BCUT2D eigenvalue weighted by atomic mass is 16.6. The van der Waals surface area contributed by atoms with Gasteiger partial charge in [-0.25, -0.2) is 4.79 Å². The number of esters is 1. The number of nitro benzene ring substituents is 1. The van der Waals surface area contributed by atoms with Crippen LogP contribution in [0.2, 0.25) is 0 Å². The molecule has 6 nitrogen and oxygen atoms in total. The number of nitrogens with zero attached hydrogens (tertiary/aromatic N) is 1. The zero-order valence-corrected chi connectivity index (χ0v) is 18.3. The van der Waals surface area contributed by atoms with Gasteiger partial charge in [0, 0.05) is 23.3 Å². The molecule has 0 saturated carbocycles. The van der Waals surface area contributed by atoms with Crippen molar-refractivity contribution in [2.75, 3.05) is 7.11 Å². The van der Waals surface area contributed by atoms with Crippen molar-refractivity contribution in [1.82, 2.24) is 0 Å². The molecule has 0 saturated heterocycles. The van der Waals surface area contributed by atoms with Crippen LogP contribution in [0.15, 0.2) is 66.7 Å².